The number of carbonyl (C=O) groups excluding carboxylic acids is 3. The Kier molecular flexibility index (Phi) is 7.89. The van der Waals surface area contributed by atoms with Crippen molar-refractivity contribution in [1.82, 2.24) is 5.32 Å². The fourth-order valence-electron chi connectivity index (χ4n) is 3.98. The fraction of sp³-hybridized carbons (Fsp3) is 0.231. The molecule has 1 amide bonds. The van der Waals surface area contributed by atoms with Crippen LogP contribution in [-0.4, -0.2) is 39.1 Å². The van der Waals surface area contributed by atoms with E-state index in [1.807, 2.05) is 0 Å². The predicted octanol–water partition coefficient (Wildman–Crippen LogP) is 2.26. The van der Waals surface area contributed by atoms with Gasteiger partial charge in [0.25, 0.3) is 0 Å². The van der Waals surface area contributed by atoms with Gasteiger partial charge >= 0.3 is 11.9 Å². The lowest BCUT2D eigenvalue weighted by molar-refractivity contribution is -0.139. The number of aryl methyl sites for hydroxylation is 1. The molecule has 2 aromatic carbocycles. The van der Waals surface area contributed by atoms with Crippen LogP contribution in [0.2, 0.25) is 0 Å². The average molecular weight is 475 g/mol. The van der Waals surface area contributed by atoms with Crippen LogP contribution in [0.1, 0.15) is 23.5 Å². The average Bonchev–Trinajstić information content (AvgIpc) is 2.90. The van der Waals surface area contributed by atoms with Gasteiger partial charge in [-0.25, -0.2) is 9.59 Å². The van der Waals surface area contributed by atoms with E-state index in [0.29, 0.717) is 24.1 Å². The maximum absolute atomic E-state index is 13.0. The SMILES string of the molecule is CNC(=O)CCc1ccc(N2C(N)=C(C#N)C(c3ccccc3)C(C(=O)OC)=C2C(=O)OC)cc1. The van der Waals surface area contributed by atoms with Crippen LogP contribution in [0, 0.1) is 11.3 Å². The topological polar surface area (TPSA) is 135 Å². The number of nitrogens with one attached hydrogen (secondary N) is 1. The highest BCUT2D eigenvalue weighted by Gasteiger charge is 2.42. The lowest BCUT2D eigenvalue weighted by Crippen LogP contribution is -2.40. The number of ether oxygens (including phenoxy) is 2. The minimum Gasteiger partial charge on any atom is -0.466 e. The number of nitrogens with two attached hydrogens (primary N) is 1. The molecule has 0 aliphatic carbocycles. The summed E-state index contributed by atoms with van der Waals surface area (Å²) in [4.78, 5) is 39.0. The number of hydrogen-bond donors (Lipinski definition) is 2. The number of esters is 2. The standard InChI is InChI=1S/C26H26N4O5/c1-29-20(31)14-11-16-9-12-18(13-10-16)30-23(26(33)35-3)22(25(32)34-2)21(19(15-27)24(30)28)17-7-5-4-6-8-17/h4-10,12-13,21H,11,14,28H2,1-3H3,(H,29,31). The third-order valence-electron chi connectivity index (χ3n) is 5.72. The minimum atomic E-state index is -0.925. The predicted molar refractivity (Wildman–Crippen MR) is 128 cm³/mol. The number of nitrogens with zero attached hydrogens (tertiary/aromatic N) is 2. The van der Waals surface area contributed by atoms with Crippen LogP contribution in [0.5, 0.6) is 0 Å². The second kappa shape index (κ2) is 11.0. The molecule has 3 N–H and O–H groups in total. The monoisotopic (exact) mass is 474 g/mol. The highest BCUT2D eigenvalue weighted by Crippen LogP contribution is 2.43. The molecule has 0 saturated heterocycles. The van der Waals surface area contributed by atoms with E-state index in [4.69, 9.17) is 15.2 Å². The molecule has 9 nitrogen and oxygen atoms in total. The molecule has 1 aliphatic rings. The van der Waals surface area contributed by atoms with Crippen molar-refractivity contribution in [2.24, 2.45) is 5.73 Å². The van der Waals surface area contributed by atoms with Crippen LogP contribution in [0.15, 0.2) is 77.3 Å². The van der Waals surface area contributed by atoms with Crippen LogP contribution in [0.3, 0.4) is 0 Å². The van der Waals surface area contributed by atoms with Crippen LogP contribution in [0.25, 0.3) is 0 Å². The van der Waals surface area contributed by atoms with Gasteiger partial charge in [-0.2, -0.15) is 5.26 Å². The van der Waals surface area contributed by atoms with Gasteiger partial charge in [-0.1, -0.05) is 42.5 Å². The Morgan fingerprint density at radius 1 is 1.03 bits per heavy atom. The van der Waals surface area contributed by atoms with Crippen LogP contribution in [-0.2, 0) is 30.3 Å². The van der Waals surface area contributed by atoms with Crippen LogP contribution >= 0.6 is 0 Å². The van der Waals surface area contributed by atoms with Crippen molar-refractivity contribution < 1.29 is 23.9 Å². The molecule has 3 rings (SSSR count). The molecular formula is C26H26N4O5. The van der Waals surface area contributed by atoms with Crippen molar-refractivity contribution in [2.75, 3.05) is 26.2 Å². The quantitative estimate of drug-likeness (QED) is 0.584. The third kappa shape index (κ3) is 5.01. The molecule has 0 radical (unpaired) electrons. The van der Waals surface area contributed by atoms with Gasteiger partial charge in [0.05, 0.1) is 37.4 Å². The fourth-order valence-corrected chi connectivity index (χ4v) is 3.98. The van der Waals surface area contributed by atoms with E-state index >= 15 is 0 Å². The maximum atomic E-state index is 13.0. The summed E-state index contributed by atoms with van der Waals surface area (Å²) in [6, 6.07) is 17.9. The Labute approximate surface area is 203 Å². The van der Waals surface area contributed by atoms with Gasteiger partial charge < -0.3 is 20.5 Å². The first-order chi connectivity index (χ1) is 16.9. The first-order valence-electron chi connectivity index (χ1n) is 10.8. The summed E-state index contributed by atoms with van der Waals surface area (Å²) in [5.41, 5.74) is 8.29. The Morgan fingerprint density at radius 3 is 2.20 bits per heavy atom. The van der Waals surface area contributed by atoms with Gasteiger partial charge in [0.1, 0.15) is 11.5 Å². The van der Waals surface area contributed by atoms with Crippen molar-refractivity contribution in [3.05, 3.63) is 88.4 Å². The molecule has 9 heteroatoms. The van der Waals surface area contributed by atoms with Gasteiger partial charge in [0.2, 0.25) is 5.91 Å². The number of carbonyl (C=O) groups is 3. The second-order valence-electron chi connectivity index (χ2n) is 7.67. The molecule has 1 unspecified atom stereocenters. The highest BCUT2D eigenvalue weighted by molar-refractivity contribution is 6.06. The number of anilines is 1. The van der Waals surface area contributed by atoms with E-state index < -0.39 is 17.9 Å². The number of amides is 1. The third-order valence-corrected chi connectivity index (χ3v) is 5.72. The van der Waals surface area contributed by atoms with Gasteiger partial charge in [0.15, 0.2) is 0 Å². The first kappa shape index (κ1) is 25.1. The largest absolute Gasteiger partial charge is 0.466 e. The van der Waals surface area contributed by atoms with Gasteiger partial charge in [-0.15, -0.1) is 0 Å². The molecule has 0 bridgehead atoms. The van der Waals surface area contributed by atoms with E-state index in [0.717, 1.165) is 5.56 Å². The summed E-state index contributed by atoms with van der Waals surface area (Å²) < 4.78 is 10.0. The molecule has 1 aliphatic heterocycles. The summed E-state index contributed by atoms with van der Waals surface area (Å²) in [5.74, 6) is -2.61. The number of nitriles is 1. The number of hydrogen-bond acceptors (Lipinski definition) is 8. The van der Waals surface area contributed by atoms with Crippen LogP contribution in [0.4, 0.5) is 5.69 Å². The molecule has 0 aromatic heterocycles. The zero-order chi connectivity index (χ0) is 25.5. The molecular weight excluding hydrogens is 448 g/mol. The Bertz CT molecular complexity index is 1230. The molecule has 1 atom stereocenters. The van der Waals surface area contributed by atoms with E-state index in [-0.39, 0.29) is 28.6 Å². The zero-order valence-electron chi connectivity index (χ0n) is 19.7. The number of benzene rings is 2. The summed E-state index contributed by atoms with van der Waals surface area (Å²) in [6.45, 7) is 0. The molecule has 0 saturated carbocycles. The summed E-state index contributed by atoms with van der Waals surface area (Å²) in [6.07, 6.45) is 0.830. The van der Waals surface area contributed by atoms with Crippen molar-refractivity contribution >= 4 is 23.5 Å². The molecule has 0 fully saturated rings. The Morgan fingerprint density at radius 2 is 1.66 bits per heavy atom. The highest BCUT2D eigenvalue weighted by atomic mass is 16.5. The Balaban J connectivity index is 2.21. The van der Waals surface area contributed by atoms with Crippen LogP contribution < -0.4 is 16.0 Å². The summed E-state index contributed by atoms with van der Waals surface area (Å²) in [7, 11) is 3.97. The smallest absolute Gasteiger partial charge is 0.355 e. The minimum absolute atomic E-state index is 0.00693. The van der Waals surface area contributed by atoms with Crippen molar-refractivity contribution in [1.29, 1.82) is 5.26 Å². The van der Waals surface area contributed by atoms with E-state index in [1.54, 1.807) is 61.6 Å². The molecule has 2 aromatic rings. The van der Waals surface area contributed by atoms with Gasteiger partial charge in [-0.05, 0) is 29.7 Å². The number of allylic oxidation sites excluding steroid dienone is 1. The molecule has 1 heterocycles. The van der Waals surface area contributed by atoms with Gasteiger partial charge in [0, 0.05) is 19.2 Å². The van der Waals surface area contributed by atoms with Crippen molar-refractivity contribution in [3.8, 4) is 6.07 Å². The molecule has 0 spiro atoms. The van der Waals surface area contributed by atoms with E-state index in [9.17, 15) is 19.6 Å². The first-order valence-corrected chi connectivity index (χ1v) is 10.8. The molecule has 35 heavy (non-hydrogen) atoms. The number of methoxy groups -OCH3 is 2. The second-order valence-corrected chi connectivity index (χ2v) is 7.67. The molecule has 180 valence electrons. The lowest BCUT2D eigenvalue weighted by atomic mass is 9.81. The van der Waals surface area contributed by atoms with Crippen molar-refractivity contribution in [3.63, 3.8) is 0 Å². The van der Waals surface area contributed by atoms with Gasteiger partial charge in [-0.3, -0.25) is 9.69 Å². The number of rotatable bonds is 7. The van der Waals surface area contributed by atoms with E-state index in [2.05, 4.69) is 11.4 Å². The maximum Gasteiger partial charge on any atom is 0.355 e. The summed E-state index contributed by atoms with van der Waals surface area (Å²) in [5, 5.41) is 12.6. The lowest BCUT2D eigenvalue weighted by Gasteiger charge is -2.35. The van der Waals surface area contributed by atoms with E-state index in [1.165, 1.54) is 19.1 Å². The summed E-state index contributed by atoms with van der Waals surface area (Å²) >= 11 is 0. The Hall–Kier alpha value is -4.58. The zero-order valence-corrected chi connectivity index (χ0v) is 19.7. The van der Waals surface area contributed by atoms with Crippen molar-refractivity contribution in [2.45, 2.75) is 18.8 Å². The normalized spacial score (nSPS) is 15.4.